The molecule has 0 amide bonds. The van der Waals surface area contributed by atoms with Gasteiger partial charge in [0.05, 0.1) is 5.69 Å². The fourth-order valence-electron chi connectivity index (χ4n) is 1.26. The third-order valence-corrected chi connectivity index (χ3v) is 1.97. The first-order chi connectivity index (χ1) is 6.77. The van der Waals surface area contributed by atoms with Crippen LogP contribution in [0.1, 0.15) is 5.56 Å². The number of pyridine rings is 1. The van der Waals surface area contributed by atoms with Crippen LogP contribution in [-0.2, 0) is 0 Å². The summed E-state index contributed by atoms with van der Waals surface area (Å²) in [5, 5.41) is 7.84. The largest absolute Gasteiger partial charge is 0.384 e. The van der Waals surface area contributed by atoms with Gasteiger partial charge in [0.1, 0.15) is 5.82 Å². The quantitative estimate of drug-likeness (QED) is 0.731. The molecule has 0 aliphatic carbocycles. The van der Waals surface area contributed by atoms with Crippen molar-refractivity contribution < 1.29 is 0 Å². The van der Waals surface area contributed by atoms with E-state index < -0.39 is 0 Å². The van der Waals surface area contributed by atoms with Gasteiger partial charge in [-0.2, -0.15) is 10.2 Å². The van der Waals surface area contributed by atoms with Crippen LogP contribution in [0.15, 0.2) is 30.6 Å². The van der Waals surface area contributed by atoms with Gasteiger partial charge in [-0.3, -0.25) is 0 Å². The first-order valence-electron chi connectivity index (χ1n) is 4.27. The Kier molecular flexibility index (Phi) is 2.10. The van der Waals surface area contributed by atoms with Crippen molar-refractivity contribution in [2.75, 3.05) is 5.73 Å². The molecule has 2 aromatic heterocycles. The molecule has 4 heteroatoms. The van der Waals surface area contributed by atoms with Gasteiger partial charge in [-0.1, -0.05) is 0 Å². The van der Waals surface area contributed by atoms with E-state index in [1.165, 1.54) is 0 Å². The lowest BCUT2D eigenvalue weighted by Gasteiger charge is -2.03. The molecule has 0 atom stereocenters. The van der Waals surface area contributed by atoms with Gasteiger partial charge < -0.3 is 5.73 Å². The molecule has 2 N–H and O–H groups in total. The topological polar surface area (TPSA) is 64.7 Å². The predicted octanol–water partition coefficient (Wildman–Crippen LogP) is 1.43. The monoisotopic (exact) mass is 186 g/mol. The van der Waals surface area contributed by atoms with Crippen molar-refractivity contribution in [3.8, 4) is 11.3 Å². The summed E-state index contributed by atoms with van der Waals surface area (Å²) in [6, 6.07) is 5.55. The van der Waals surface area contributed by atoms with E-state index in [0.29, 0.717) is 5.82 Å². The van der Waals surface area contributed by atoms with Crippen molar-refractivity contribution >= 4 is 5.82 Å². The molecule has 0 spiro atoms. The van der Waals surface area contributed by atoms with E-state index in [1.807, 2.05) is 19.1 Å². The maximum Gasteiger partial charge on any atom is 0.123 e. The van der Waals surface area contributed by atoms with E-state index in [4.69, 9.17) is 5.73 Å². The maximum atomic E-state index is 5.61. The summed E-state index contributed by atoms with van der Waals surface area (Å²) in [4.78, 5) is 3.99. The molecule has 0 saturated carbocycles. The number of nitrogens with two attached hydrogens (primary N) is 1. The van der Waals surface area contributed by atoms with Crippen molar-refractivity contribution in [1.82, 2.24) is 15.2 Å². The molecule has 4 nitrogen and oxygen atoms in total. The highest BCUT2D eigenvalue weighted by atomic mass is 15.1. The van der Waals surface area contributed by atoms with Gasteiger partial charge in [-0.05, 0) is 30.7 Å². The standard InChI is InChI=1S/C10H10N4/c1-7-6-12-10(11)5-8(7)9-3-2-4-13-14-9/h2-6H,1H3,(H2,11,12). The van der Waals surface area contributed by atoms with Gasteiger partial charge in [-0.15, -0.1) is 0 Å². The van der Waals surface area contributed by atoms with E-state index in [0.717, 1.165) is 16.8 Å². The highest BCUT2D eigenvalue weighted by Crippen LogP contribution is 2.20. The lowest BCUT2D eigenvalue weighted by Crippen LogP contribution is -1.94. The molecule has 0 unspecified atom stereocenters. The second-order valence-corrected chi connectivity index (χ2v) is 3.03. The second kappa shape index (κ2) is 3.41. The van der Waals surface area contributed by atoms with Crippen molar-refractivity contribution in [3.63, 3.8) is 0 Å². The van der Waals surface area contributed by atoms with Crippen molar-refractivity contribution in [2.24, 2.45) is 0 Å². The molecule has 14 heavy (non-hydrogen) atoms. The highest BCUT2D eigenvalue weighted by molar-refractivity contribution is 5.65. The average molecular weight is 186 g/mol. The number of aromatic nitrogens is 3. The Morgan fingerprint density at radius 1 is 1.36 bits per heavy atom. The van der Waals surface area contributed by atoms with E-state index in [2.05, 4.69) is 15.2 Å². The van der Waals surface area contributed by atoms with Crippen molar-refractivity contribution in [1.29, 1.82) is 0 Å². The molecule has 0 saturated heterocycles. The fraction of sp³-hybridized carbons (Fsp3) is 0.100. The molecule has 70 valence electrons. The number of aryl methyl sites for hydroxylation is 1. The average Bonchev–Trinajstić information content (AvgIpc) is 2.23. The number of rotatable bonds is 1. The minimum absolute atomic E-state index is 0.497. The number of hydrogen-bond acceptors (Lipinski definition) is 4. The molecule has 0 aromatic carbocycles. The Morgan fingerprint density at radius 2 is 2.21 bits per heavy atom. The maximum absolute atomic E-state index is 5.61. The first kappa shape index (κ1) is 8.62. The summed E-state index contributed by atoms with van der Waals surface area (Å²) >= 11 is 0. The minimum atomic E-state index is 0.497. The number of hydrogen-bond donors (Lipinski definition) is 1. The first-order valence-corrected chi connectivity index (χ1v) is 4.27. The zero-order chi connectivity index (χ0) is 9.97. The van der Waals surface area contributed by atoms with Gasteiger partial charge in [0.2, 0.25) is 0 Å². The Hall–Kier alpha value is -1.97. The van der Waals surface area contributed by atoms with Crippen molar-refractivity contribution in [3.05, 3.63) is 36.2 Å². The SMILES string of the molecule is Cc1cnc(N)cc1-c1cccnn1. The molecule has 0 bridgehead atoms. The van der Waals surface area contributed by atoms with E-state index in [9.17, 15) is 0 Å². The molecule has 0 radical (unpaired) electrons. The summed E-state index contributed by atoms with van der Waals surface area (Å²) in [5.74, 6) is 0.497. The number of nitrogen functional groups attached to an aromatic ring is 1. The fourth-order valence-corrected chi connectivity index (χ4v) is 1.26. The third kappa shape index (κ3) is 1.54. The lowest BCUT2D eigenvalue weighted by molar-refractivity contribution is 1.03. The normalized spacial score (nSPS) is 10.1. The minimum Gasteiger partial charge on any atom is -0.384 e. The van der Waals surface area contributed by atoms with Crippen molar-refractivity contribution in [2.45, 2.75) is 6.92 Å². The molecular weight excluding hydrogens is 176 g/mol. The summed E-state index contributed by atoms with van der Waals surface area (Å²) in [5.41, 5.74) is 8.44. The molecule has 2 aromatic rings. The summed E-state index contributed by atoms with van der Waals surface area (Å²) in [6.07, 6.45) is 3.38. The van der Waals surface area contributed by atoms with Gasteiger partial charge in [-0.25, -0.2) is 4.98 Å². The van der Waals surface area contributed by atoms with Crippen LogP contribution in [0, 0.1) is 6.92 Å². The van der Waals surface area contributed by atoms with Crippen LogP contribution in [0.3, 0.4) is 0 Å². The van der Waals surface area contributed by atoms with Gasteiger partial charge in [0, 0.05) is 18.0 Å². The van der Waals surface area contributed by atoms with Crippen LogP contribution in [0.4, 0.5) is 5.82 Å². The summed E-state index contributed by atoms with van der Waals surface area (Å²) < 4.78 is 0. The molecule has 0 aliphatic rings. The molecule has 2 heterocycles. The zero-order valence-electron chi connectivity index (χ0n) is 7.81. The molecular formula is C10H10N4. The van der Waals surface area contributed by atoms with Gasteiger partial charge >= 0.3 is 0 Å². The van der Waals surface area contributed by atoms with Gasteiger partial charge in [0.15, 0.2) is 0 Å². The number of nitrogens with zero attached hydrogens (tertiary/aromatic N) is 3. The number of anilines is 1. The second-order valence-electron chi connectivity index (χ2n) is 3.03. The molecule has 2 rings (SSSR count). The zero-order valence-corrected chi connectivity index (χ0v) is 7.81. The Labute approximate surface area is 81.8 Å². The lowest BCUT2D eigenvalue weighted by atomic mass is 10.1. The summed E-state index contributed by atoms with van der Waals surface area (Å²) in [7, 11) is 0. The Balaban J connectivity index is 2.57. The van der Waals surface area contributed by atoms with Crippen LogP contribution in [0.2, 0.25) is 0 Å². The smallest absolute Gasteiger partial charge is 0.123 e. The summed E-state index contributed by atoms with van der Waals surface area (Å²) in [6.45, 7) is 1.97. The van der Waals surface area contributed by atoms with Gasteiger partial charge in [0.25, 0.3) is 0 Å². The highest BCUT2D eigenvalue weighted by Gasteiger charge is 2.03. The Morgan fingerprint density at radius 3 is 2.93 bits per heavy atom. The van der Waals surface area contributed by atoms with Crippen LogP contribution < -0.4 is 5.73 Å². The Bertz CT molecular complexity index is 439. The van der Waals surface area contributed by atoms with E-state index in [-0.39, 0.29) is 0 Å². The van der Waals surface area contributed by atoms with Crippen LogP contribution in [0.5, 0.6) is 0 Å². The molecule has 0 fully saturated rings. The van der Waals surface area contributed by atoms with E-state index >= 15 is 0 Å². The van der Waals surface area contributed by atoms with Crippen LogP contribution >= 0.6 is 0 Å². The van der Waals surface area contributed by atoms with E-state index in [1.54, 1.807) is 18.5 Å². The van der Waals surface area contributed by atoms with Crippen LogP contribution in [0.25, 0.3) is 11.3 Å². The predicted molar refractivity (Wildman–Crippen MR) is 54.4 cm³/mol. The molecule has 0 aliphatic heterocycles. The third-order valence-electron chi connectivity index (χ3n) is 1.97. The van der Waals surface area contributed by atoms with Crippen LogP contribution in [-0.4, -0.2) is 15.2 Å².